The van der Waals surface area contributed by atoms with Gasteiger partial charge in [-0.15, -0.1) is 6.58 Å². The van der Waals surface area contributed by atoms with E-state index in [4.69, 9.17) is 0 Å². The van der Waals surface area contributed by atoms with Crippen molar-refractivity contribution in [1.82, 2.24) is 0 Å². The summed E-state index contributed by atoms with van der Waals surface area (Å²) >= 11 is 0. The second-order valence-electron chi connectivity index (χ2n) is 2.04. The van der Waals surface area contributed by atoms with Gasteiger partial charge in [0.1, 0.15) is 0 Å². The summed E-state index contributed by atoms with van der Waals surface area (Å²) in [5, 5.41) is 1.42. The number of benzene rings is 1. The maximum absolute atomic E-state index is 3.68. The van der Waals surface area contributed by atoms with Crippen molar-refractivity contribution in [3.05, 3.63) is 43.0 Å². The molecule has 50 valence electrons. The fraction of sp³-hybridized carbons (Fsp3) is 0.111. The van der Waals surface area contributed by atoms with Gasteiger partial charge in [0.2, 0.25) is 0 Å². The lowest BCUT2D eigenvalue weighted by atomic mass is 10.4. The van der Waals surface area contributed by atoms with Crippen LogP contribution in [0.4, 0.5) is 0 Å². The Morgan fingerprint density at radius 2 is 2.00 bits per heavy atom. The largest absolute Gasteiger partial charge is 0.103 e. The fourth-order valence-electron chi connectivity index (χ4n) is 0.746. The van der Waals surface area contributed by atoms with Crippen LogP contribution < -0.4 is 5.19 Å². The predicted octanol–water partition coefficient (Wildman–Crippen LogP) is 1.62. The van der Waals surface area contributed by atoms with Gasteiger partial charge in [-0.2, -0.15) is 0 Å². The van der Waals surface area contributed by atoms with Crippen molar-refractivity contribution in [2.24, 2.45) is 0 Å². The highest BCUT2D eigenvalue weighted by molar-refractivity contribution is 6.53. The number of allylic oxidation sites excluding steroid dienone is 1. The Morgan fingerprint density at radius 3 is 2.60 bits per heavy atom. The molecule has 0 N–H and O–H groups in total. The van der Waals surface area contributed by atoms with Crippen molar-refractivity contribution in [3.8, 4) is 0 Å². The molecule has 0 unspecified atom stereocenters. The van der Waals surface area contributed by atoms with E-state index >= 15 is 0 Å². The molecule has 0 aromatic heterocycles. The third-order valence-electron chi connectivity index (χ3n) is 1.22. The summed E-state index contributed by atoms with van der Waals surface area (Å²) in [4.78, 5) is 0. The average molecular weight is 146 g/mol. The molecular formula is C9H10Si. The summed E-state index contributed by atoms with van der Waals surface area (Å²) in [6.45, 7) is 3.68. The zero-order chi connectivity index (χ0) is 7.23. The Bertz CT molecular complexity index is 191. The molecule has 0 saturated heterocycles. The summed E-state index contributed by atoms with van der Waals surface area (Å²) in [5.74, 6) is 0. The smallest absolute Gasteiger partial charge is 0.0849 e. The fourth-order valence-corrected chi connectivity index (χ4v) is 1.55. The van der Waals surface area contributed by atoms with Crippen LogP contribution in [-0.2, 0) is 0 Å². The number of hydrogen-bond donors (Lipinski definition) is 0. The third kappa shape index (κ3) is 2.19. The molecule has 0 amide bonds. The molecule has 0 aliphatic heterocycles. The van der Waals surface area contributed by atoms with Crippen LogP contribution in [0.2, 0.25) is 6.04 Å². The number of rotatable bonds is 3. The van der Waals surface area contributed by atoms with Gasteiger partial charge in [-0.1, -0.05) is 41.6 Å². The Balaban J connectivity index is 2.50. The Kier molecular flexibility index (Phi) is 2.96. The molecule has 1 heteroatoms. The van der Waals surface area contributed by atoms with Crippen molar-refractivity contribution in [2.45, 2.75) is 6.04 Å². The van der Waals surface area contributed by atoms with Crippen molar-refractivity contribution in [1.29, 1.82) is 0 Å². The molecule has 0 aliphatic carbocycles. The van der Waals surface area contributed by atoms with Gasteiger partial charge in [0.15, 0.2) is 0 Å². The maximum Gasteiger partial charge on any atom is 0.0849 e. The van der Waals surface area contributed by atoms with E-state index in [2.05, 4.69) is 30.8 Å². The van der Waals surface area contributed by atoms with E-state index < -0.39 is 0 Å². The SMILES string of the molecule is C=CC[Si]c1ccccc1. The van der Waals surface area contributed by atoms with Gasteiger partial charge in [-0.3, -0.25) is 0 Å². The molecule has 2 radical (unpaired) electrons. The van der Waals surface area contributed by atoms with Crippen LogP contribution in [0.15, 0.2) is 43.0 Å². The molecule has 0 nitrogen and oxygen atoms in total. The van der Waals surface area contributed by atoms with E-state index in [1.54, 1.807) is 0 Å². The van der Waals surface area contributed by atoms with Crippen LogP contribution >= 0.6 is 0 Å². The first kappa shape index (κ1) is 7.29. The molecule has 0 saturated carbocycles. The van der Waals surface area contributed by atoms with E-state index in [1.807, 2.05) is 12.1 Å². The van der Waals surface area contributed by atoms with Crippen LogP contribution in [0.1, 0.15) is 0 Å². The van der Waals surface area contributed by atoms with E-state index in [9.17, 15) is 0 Å². The van der Waals surface area contributed by atoms with Gasteiger partial charge in [0.05, 0.1) is 9.52 Å². The highest BCUT2D eigenvalue weighted by atomic mass is 28.2. The van der Waals surface area contributed by atoms with Crippen LogP contribution in [0.5, 0.6) is 0 Å². The molecule has 10 heavy (non-hydrogen) atoms. The lowest BCUT2D eigenvalue weighted by molar-refractivity contribution is 1.69. The zero-order valence-corrected chi connectivity index (χ0v) is 6.88. The van der Waals surface area contributed by atoms with Crippen LogP contribution in [0.3, 0.4) is 0 Å². The summed E-state index contributed by atoms with van der Waals surface area (Å²) in [6.07, 6.45) is 1.96. The van der Waals surface area contributed by atoms with Crippen molar-refractivity contribution < 1.29 is 0 Å². The van der Waals surface area contributed by atoms with Gasteiger partial charge in [-0.25, -0.2) is 0 Å². The van der Waals surface area contributed by atoms with Gasteiger partial charge in [0.25, 0.3) is 0 Å². The van der Waals surface area contributed by atoms with Crippen LogP contribution in [-0.4, -0.2) is 9.52 Å². The average Bonchev–Trinajstić information content (AvgIpc) is 2.03. The maximum atomic E-state index is 3.68. The Hall–Kier alpha value is -0.823. The normalized spacial score (nSPS) is 9.20. The monoisotopic (exact) mass is 146 g/mol. The first-order chi connectivity index (χ1) is 4.93. The second-order valence-corrected chi connectivity index (χ2v) is 3.37. The van der Waals surface area contributed by atoms with E-state index in [-0.39, 0.29) is 0 Å². The highest BCUT2D eigenvalue weighted by Crippen LogP contribution is 1.84. The molecule has 0 heterocycles. The molecule has 0 bridgehead atoms. The van der Waals surface area contributed by atoms with Gasteiger partial charge < -0.3 is 0 Å². The summed E-state index contributed by atoms with van der Waals surface area (Å²) < 4.78 is 0. The Morgan fingerprint density at radius 1 is 1.30 bits per heavy atom. The molecule has 1 aromatic carbocycles. The van der Waals surface area contributed by atoms with Crippen molar-refractivity contribution in [3.63, 3.8) is 0 Å². The Labute approximate surface area is 64.4 Å². The van der Waals surface area contributed by atoms with Crippen molar-refractivity contribution in [2.75, 3.05) is 0 Å². The first-order valence-electron chi connectivity index (χ1n) is 3.33. The minimum Gasteiger partial charge on any atom is -0.103 e. The van der Waals surface area contributed by atoms with E-state index in [0.29, 0.717) is 0 Å². The van der Waals surface area contributed by atoms with Gasteiger partial charge in [-0.05, 0) is 6.04 Å². The minimum atomic E-state index is 0.886. The second kappa shape index (κ2) is 4.07. The zero-order valence-electron chi connectivity index (χ0n) is 5.88. The quantitative estimate of drug-likeness (QED) is 0.449. The molecular weight excluding hydrogens is 136 g/mol. The summed E-state index contributed by atoms with van der Waals surface area (Å²) in [7, 11) is 0.886. The molecule has 1 aromatic rings. The molecule has 0 atom stereocenters. The molecule has 0 spiro atoms. The number of hydrogen-bond acceptors (Lipinski definition) is 0. The lowest BCUT2D eigenvalue weighted by Gasteiger charge is -1.93. The standard InChI is InChI=1S/C9H10Si/c1-2-8-10-9-6-4-3-5-7-9/h2-7H,1,8H2. The molecule has 0 fully saturated rings. The van der Waals surface area contributed by atoms with E-state index in [1.165, 1.54) is 5.19 Å². The lowest BCUT2D eigenvalue weighted by Crippen LogP contribution is -2.11. The third-order valence-corrected chi connectivity index (χ3v) is 2.46. The first-order valence-corrected chi connectivity index (χ1v) is 4.54. The summed E-state index contributed by atoms with van der Waals surface area (Å²) in [6, 6.07) is 11.6. The van der Waals surface area contributed by atoms with Gasteiger partial charge in [0, 0.05) is 0 Å². The van der Waals surface area contributed by atoms with E-state index in [0.717, 1.165) is 15.6 Å². The minimum absolute atomic E-state index is 0.886. The predicted molar refractivity (Wildman–Crippen MR) is 46.8 cm³/mol. The highest BCUT2D eigenvalue weighted by Gasteiger charge is 1.87. The topological polar surface area (TPSA) is 0 Å². The van der Waals surface area contributed by atoms with Gasteiger partial charge >= 0.3 is 0 Å². The van der Waals surface area contributed by atoms with Crippen LogP contribution in [0.25, 0.3) is 0 Å². The van der Waals surface area contributed by atoms with Crippen LogP contribution in [0, 0.1) is 0 Å². The molecule has 1 rings (SSSR count). The van der Waals surface area contributed by atoms with Crippen molar-refractivity contribution >= 4 is 14.7 Å². The molecule has 0 aliphatic rings. The summed E-state index contributed by atoms with van der Waals surface area (Å²) in [5.41, 5.74) is 0.